The molecule has 1 aliphatic rings. The normalized spacial score (nSPS) is 15.0. The van der Waals surface area contributed by atoms with Crippen molar-refractivity contribution in [2.45, 2.75) is 12.8 Å². The summed E-state index contributed by atoms with van der Waals surface area (Å²) in [5, 5.41) is 1.91. The van der Waals surface area contributed by atoms with Gasteiger partial charge in [0.05, 0.1) is 10.7 Å². The molecular formula is C18H17ClN2. The highest BCUT2D eigenvalue weighted by molar-refractivity contribution is 6.38. The molecule has 0 spiro atoms. The molecule has 2 heterocycles. The van der Waals surface area contributed by atoms with Crippen LogP contribution in [0.3, 0.4) is 0 Å². The molecule has 2 nitrogen and oxygen atoms in total. The summed E-state index contributed by atoms with van der Waals surface area (Å²) in [4.78, 5) is 5.94. The van der Waals surface area contributed by atoms with Crippen LogP contribution in [-0.2, 0) is 0 Å². The van der Waals surface area contributed by atoms with Crippen molar-refractivity contribution >= 4 is 28.2 Å². The first kappa shape index (κ1) is 12.8. The Morgan fingerprint density at radius 2 is 1.62 bits per heavy atom. The van der Waals surface area contributed by atoms with Crippen molar-refractivity contribution in [1.29, 1.82) is 0 Å². The Balaban J connectivity index is 1.90. The van der Waals surface area contributed by atoms with Crippen LogP contribution in [0.25, 0.3) is 22.2 Å². The fourth-order valence-corrected chi connectivity index (χ4v) is 3.53. The Morgan fingerprint density at radius 1 is 0.905 bits per heavy atom. The summed E-state index contributed by atoms with van der Waals surface area (Å²) in [6.07, 6.45) is 2.55. The number of aromatic nitrogens is 1. The lowest BCUT2D eigenvalue weighted by Crippen LogP contribution is -2.18. The van der Waals surface area contributed by atoms with Crippen LogP contribution >= 0.6 is 11.6 Å². The third-order valence-electron chi connectivity index (χ3n) is 4.26. The van der Waals surface area contributed by atoms with Gasteiger partial charge in [-0.15, -0.1) is 0 Å². The van der Waals surface area contributed by atoms with Crippen molar-refractivity contribution in [3.63, 3.8) is 0 Å². The zero-order chi connectivity index (χ0) is 14.2. The van der Waals surface area contributed by atoms with Crippen molar-refractivity contribution < 1.29 is 0 Å². The summed E-state index contributed by atoms with van der Waals surface area (Å²) in [6, 6.07) is 16.7. The minimum atomic E-state index is 0.817. The van der Waals surface area contributed by atoms with Gasteiger partial charge < -0.3 is 9.88 Å². The van der Waals surface area contributed by atoms with Crippen molar-refractivity contribution in [3.8, 4) is 11.3 Å². The number of fused-ring (bicyclic) bond motifs is 1. The van der Waals surface area contributed by atoms with Gasteiger partial charge in [0.25, 0.3) is 0 Å². The fourth-order valence-electron chi connectivity index (χ4n) is 3.21. The van der Waals surface area contributed by atoms with Crippen molar-refractivity contribution in [3.05, 3.63) is 53.6 Å². The molecule has 4 rings (SSSR count). The van der Waals surface area contributed by atoms with E-state index in [4.69, 9.17) is 11.6 Å². The summed E-state index contributed by atoms with van der Waals surface area (Å²) >= 11 is 6.62. The number of halogens is 1. The summed E-state index contributed by atoms with van der Waals surface area (Å²) in [5.41, 5.74) is 4.60. The molecule has 0 aliphatic carbocycles. The number of nitrogens with one attached hydrogen (secondary N) is 1. The number of para-hydroxylation sites is 2. The summed E-state index contributed by atoms with van der Waals surface area (Å²) in [6.45, 7) is 2.27. The number of hydrogen-bond acceptors (Lipinski definition) is 1. The van der Waals surface area contributed by atoms with E-state index >= 15 is 0 Å². The minimum Gasteiger partial charge on any atom is -0.371 e. The Labute approximate surface area is 129 Å². The van der Waals surface area contributed by atoms with E-state index in [1.165, 1.54) is 24.1 Å². The number of aromatic amines is 1. The van der Waals surface area contributed by atoms with E-state index in [0.29, 0.717) is 0 Å². The van der Waals surface area contributed by atoms with Gasteiger partial charge in [0.2, 0.25) is 0 Å². The Bertz CT molecular complexity index is 785. The third kappa shape index (κ3) is 2.11. The number of anilines is 1. The van der Waals surface area contributed by atoms with Gasteiger partial charge in [0, 0.05) is 35.2 Å². The molecule has 21 heavy (non-hydrogen) atoms. The second-order valence-electron chi connectivity index (χ2n) is 5.57. The van der Waals surface area contributed by atoms with E-state index < -0.39 is 0 Å². The Hall–Kier alpha value is -1.93. The number of hydrogen-bond donors (Lipinski definition) is 1. The van der Waals surface area contributed by atoms with Crippen LogP contribution in [0.2, 0.25) is 5.02 Å². The van der Waals surface area contributed by atoms with Gasteiger partial charge in [0.15, 0.2) is 0 Å². The van der Waals surface area contributed by atoms with Gasteiger partial charge >= 0.3 is 0 Å². The van der Waals surface area contributed by atoms with Crippen molar-refractivity contribution in [2.75, 3.05) is 18.0 Å². The average Bonchev–Trinajstić information content (AvgIpc) is 3.16. The van der Waals surface area contributed by atoms with Gasteiger partial charge in [-0.05, 0) is 25.0 Å². The molecule has 1 N–H and O–H groups in total. The van der Waals surface area contributed by atoms with E-state index in [0.717, 1.165) is 34.7 Å². The number of nitrogens with zero attached hydrogens (tertiary/aromatic N) is 1. The first-order valence-electron chi connectivity index (χ1n) is 7.45. The van der Waals surface area contributed by atoms with Gasteiger partial charge in [-0.3, -0.25) is 0 Å². The highest BCUT2D eigenvalue weighted by atomic mass is 35.5. The maximum absolute atomic E-state index is 6.62. The smallest absolute Gasteiger partial charge is 0.0741 e. The molecule has 1 aliphatic heterocycles. The maximum Gasteiger partial charge on any atom is 0.0741 e. The number of H-pyrrole nitrogens is 1. The second-order valence-corrected chi connectivity index (χ2v) is 5.95. The Kier molecular flexibility index (Phi) is 3.12. The lowest BCUT2D eigenvalue weighted by molar-refractivity contribution is 0.949. The monoisotopic (exact) mass is 296 g/mol. The molecule has 106 valence electrons. The van der Waals surface area contributed by atoms with Crippen LogP contribution < -0.4 is 4.90 Å². The number of rotatable bonds is 2. The third-order valence-corrected chi connectivity index (χ3v) is 4.66. The van der Waals surface area contributed by atoms with Gasteiger partial charge in [-0.1, -0.05) is 48.0 Å². The van der Waals surface area contributed by atoms with Crippen LogP contribution in [0.15, 0.2) is 48.5 Å². The predicted molar refractivity (Wildman–Crippen MR) is 90.2 cm³/mol. The molecule has 3 heteroatoms. The number of benzene rings is 2. The van der Waals surface area contributed by atoms with E-state index in [9.17, 15) is 0 Å². The lowest BCUT2D eigenvalue weighted by Gasteiger charge is -2.21. The molecule has 0 atom stereocenters. The van der Waals surface area contributed by atoms with Crippen LogP contribution in [0, 0.1) is 0 Å². The maximum atomic E-state index is 6.62. The SMILES string of the molecule is Clc1c(-c2ccccc2N2CCCC2)[nH]c2ccccc12. The van der Waals surface area contributed by atoms with Gasteiger partial charge in [-0.2, -0.15) is 0 Å². The highest BCUT2D eigenvalue weighted by Crippen LogP contribution is 2.39. The molecule has 0 radical (unpaired) electrons. The van der Waals surface area contributed by atoms with E-state index in [2.05, 4.69) is 46.3 Å². The highest BCUT2D eigenvalue weighted by Gasteiger charge is 2.19. The first-order chi connectivity index (χ1) is 10.3. The fraction of sp³-hybridized carbons (Fsp3) is 0.222. The Morgan fingerprint density at radius 3 is 2.43 bits per heavy atom. The van der Waals surface area contributed by atoms with E-state index in [1.807, 2.05) is 12.1 Å². The topological polar surface area (TPSA) is 19.0 Å². The average molecular weight is 297 g/mol. The van der Waals surface area contributed by atoms with Crippen LogP contribution in [0.1, 0.15) is 12.8 Å². The molecule has 0 saturated carbocycles. The van der Waals surface area contributed by atoms with Crippen molar-refractivity contribution in [2.24, 2.45) is 0 Å². The molecule has 2 aromatic carbocycles. The van der Waals surface area contributed by atoms with Crippen molar-refractivity contribution in [1.82, 2.24) is 4.98 Å². The largest absolute Gasteiger partial charge is 0.371 e. The standard InChI is InChI=1S/C18H17ClN2/c19-17-13-7-1-3-9-15(13)20-18(17)14-8-2-4-10-16(14)21-11-5-6-12-21/h1-4,7-10,20H,5-6,11-12H2. The molecule has 1 aromatic heterocycles. The molecule has 1 fully saturated rings. The quantitative estimate of drug-likeness (QED) is 0.698. The zero-order valence-electron chi connectivity index (χ0n) is 11.8. The summed E-state index contributed by atoms with van der Waals surface area (Å²) in [7, 11) is 0. The molecule has 0 bridgehead atoms. The van der Waals surface area contributed by atoms with Gasteiger partial charge in [-0.25, -0.2) is 0 Å². The molecule has 0 unspecified atom stereocenters. The van der Waals surface area contributed by atoms with Crippen LogP contribution in [-0.4, -0.2) is 18.1 Å². The van der Waals surface area contributed by atoms with Gasteiger partial charge in [0.1, 0.15) is 0 Å². The molecule has 0 amide bonds. The zero-order valence-corrected chi connectivity index (χ0v) is 12.5. The molecule has 3 aromatic rings. The minimum absolute atomic E-state index is 0.817. The molecular weight excluding hydrogens is 280 g/mol. The lowest BCUT2D eigenvalue weighted by atomic mass is 10.1. The van der Waals surface area contributed by atoms with Crippen LogP contribution in [0.4, 0.5) is 5.69 Å². The second kappa shape index (κ2) is 5.12. The summed E-state index contributed by atoms with van der Waals surface area (Å²) in [5.74, 6) is 0. The predicted octanol–water partition coefficient (Wildman–Crippen LogP) is 5.09. The first-order valence-corrected chi connectivity index (χ1v) is 7.83. The van der Waals surface area contributed by atoms with E-state index in [1.54, 1.807) is 0 Å². The van der Waals surface area contributed by atoms with Crippen LogP contribution in [0.5, 0.6) is 0 Å². The molecule has 1 saturated heterocycles. The van der Waals surface area contributed by atoms with E-state index in [-0.39, 0.29) is 0 Å². The summed E-state index contributed by atoms with van der Waals surface area (Å²) < 4.78 is 0.